The zero-order chi connectivity index (χ0) is 26.8. The van der Waals surface area contributed by atoms with Gasteiger partial charge >= 0.3 is 5.97 Å². The largest absolute Gasteiger partial charge is 0.453 e. The highest BCUT2D eigenvalue weighted by Gasteiger charge is 2.55. The predicted molar refractivity (Wildman–Crippen MR) is 143 cm³/mol. The molecule has 1 N–H and O–H groups in total. The van der Waals surface area contributed by atoms with E-state index in [9.17, 15) is 9.90 Å². The highest BCUT2D eigenvalue weighted by Crippen LogP contribution is 2.43. The number of aliphatic hydroxyl groups is 1. The first-order valence-electron chi connectivity index (χ1n) is 12.4. The van der Waals surface area contributed by atoms with Gasteiger partial charge in [0, 0.05) is 7.11 Å². The van der Waals surface area contributed by atoms with Crippen LogP contribution in [0.4, 0.5) is 0 Å². The Morgan fingerprint density at radius 1 is 0.886 bits per heavy atom. The molecular weight excluding hydrogens is 480 g/mol. The van der Waals surface area contributed by atoms with E-state index < -0.39 is 53.3 Å². The summed E-state index contributed by atoms with van der Waals surface area (Å²) in [7, 11) is -3.11. The molecule has 1 saturated heterocycles. The van der Waals surface area contributed by atoms with Gasteiger partial charge in [0.1, 0.15) is 18.3 Å². The van der Waals surface area contributed by atoms with Crippen molar-refractivity contribution < 1.29 is 33.0 Å². The molecule has 0 amide bonds. The molecule has 200 valence electrons. The van der Waals surface area contributed by atoms with Gasteiger partial charge in [-0.1, -0.05) is 59.7 Å². The standard InChI is InChI=1S/C26H46O7Si2/c1-25(2,3)34(8,9)32-21-20(31-23(28)18-15-13-12-14-16-18)19(17-27)30-24(29-7)22(21)33-35(10,11)26(4,5)6/h12-16,19-22,24,27H,17H2,1-11H3/t19-,20-,21+,22-,24+/m1/s1. The lowest BCUT2D eigenvalue weighted by Gasteiger charge is -2.51. The van der Waals surface area contributed by atoms with E-state index in [0.29, 0.717) is 5.56 Å². The number of hydrogen-bond acceptors (Lipinski definition) is 7. The number of ether oxygens (including phenoxy) is 3. The van der Waals surface area contributed by atoms with Crippen LogP contribution >= 0.6 is 0 Å². The molecule has 9 heteroatoms. The fourth-order valence-corrected chi connectivity index (χ4v) is 6.00. The highest BCUT2D eigenvalue weighted by atomic mass is 28.4. The van der Waals surface area contributed by atoms with E-state index in [2.05, 4.69) is 67.7 Å². The van der Waals surface area contributed by atoms with Gasteiger partial charge in [0.2, 0.25) is 0 Å². The van der Waals surface area contributed by atoms with Gasteiger partial charge in [0.25, 0.3) is 0 Å². The lowest BCUT2D eigenvalue weighted by atomic mass is 9.99. The zero-order valence-corrected chi connectivity index (χ0v) is 25.4. The van der Waals surface area contributed by atoms with Crippen molar-refractivity contribution in [2.75, 3.05) is 13.7 Å². The quantitative estimate of drug-likeness (QED) is 0.361. The van der Waals surface area contributed by atoms with Crippen LogP contribution in [-0.2, 0) is 23.1 Å². The third kappa shape index (κ3) is 7.03. The SMILES string of the molecule is CO[C@H]1O[C@H](CO)[C@@H](OC(=O)c2ccccc2)[C@H](O[Si](C)(C)C(C)(C)C)[C@H]1O[Si](C)(C)C(C)(C)C. The lowest BCUT2D eigenvalue weighted by molar-refractivity contribution is -0.287. The molecule has 0 radical (unpaired) electrons. The summed E-state index contributed by atoms with van der Waals surface area (Å²) in [6.07, 6.45) is -3.77. The van der Waals surface area contributed by atoms with E-state index in [4.69, 9.17) is 23.1 Å². The van der Waals surface area contributed by atoms with Crippen molar-refractivity contribution in [3.63, 3.8) is 0 Å². The third-order valence-corrected chi connectivity index (χ3v) is 16.7. The van der Waals surface area contributed by atoms with Gasteiger partial charge in [0.15, 0.2) is 29.0 Å². The van der Waals surface area contributed by atoms with Crippen molar-refractivity contribution in [2.45, 2.75) is 109 Å². The number of rotatable bonds is 8. The summed E-state index contributed by atoms with van der Waals surface area (Å²) in [5.74, 6) is -0.497. The third-order valence-electron chi connectivity index (χ3n) is 7.73. The van der Waals surface area contributed by atoms with E-state index in [1.807, 2.05) is 6.07 Å². The van der Waals surface area contributed by atoms with Crippen molar-refractivity contribution >= 4 is 22.6 Å². The Kier molecular flexibility index (Phi) is 9.58. The Morgan fingerprint density at radius 3 is 1.80 bits per heavy atom. The molecule has 0 aliphatic carbocycles. The minimum absolute atomic E-state index is 0.0726. The van der Waals surface area contributed by atoms with Crippen LogP contribution in [0.2, 0.25) is 36.3 Å². The van der Waals surface area contributed by atoms with Gasteiger partial charge in [0.05, 0.1) is 12.2 Å². The Morgan fingerprint density at radius 2 is 1.37 bits per heavy atom. The molecule has 0 saturated carbocycles. The Bertz CT molecular complexity index is 830. The second kappa shape index (κ2) is 11.1. The first-order valence-corrected chi connectivity index (χ1v) is 18.2. The molecule has 5 atom stereocenters. The maximum Gasteiger partial charge on any atom is 0.338 e. The Hall–Kier alpha value is -1.08. The molecule has 1 aromatic carbocycles. The maximum atomic E-state index is 13.1. The van der Waals surface area contributed by atoms with Crippen LogP contribution in [0.5, 0.6) is 0 Å². The van der Waals surface area contributed by atoms with Crippen LogP contribution in [0.25, 0.3) is 0 Å². The Labute approximate surface area is 213 Å². The zero-order valence-electron chi connectivity index (χ0n) is 23.4. The van der Waals surface area contributed by atoms with Gasteiger partial charge in [-0.2, -0.15) is 0 Å². The van der Waals surface area contributed by atoms with Gasteiger partial charge < -0.3 is 28.2 Å². The molecule has 2 rings (SSSR count). The number of carbonyl (C=O) groups is 1. The molecule has 35 heavy (non-hydrogen) atoms. The number of aliphatic hydroxyl groups excluding tert-OH is 1. The summed E-state index contributed by atoms with van der Waals surface area (Å²) < 4.78 is 31.6. The Balaban J connectivity index is 2.56. The predicted octanol–water partition coefficient (Wildman–Crippen LogP) is 5.36. The first kappa shape index (κ1) is 30.1. The van der Waals surface area contributed by atoms with Crippen molar-refractivity contribution in [3.8, 4) is 0 Å². The van der Waals surface area contributed by atoms with Gasteiger partial charge in [-0.3, -0.25) is 0 Å². The second-order valence-corrected chi connectivity index (χ2v) is 21.9. The fourth-order valence-electron chi connectivity index (χ4n) is 3.42. The molecule has 1 fully saturated rings. The molecule has 7 nitrogen and oxygen atoms in total. The molecule has 0 bridgehead atoms. The van der Waals surface area contributed by atoms with Crippen molar-refractivity contribution in [1.29, 1.82) is 0 Å². The van der Waals surface area contributed by atoms with Crippen LogP contribution in [0.1, 0.15) is 51.9 Å². The summed E-state index contributed by atoms with van der Waals surface area (Å²) >= 11 is 0. The monoisotopic (exact) mass is 526 g/mol. The number of methoxy groups -OCH3 is 1. The average molecular weight is 527 g/mol. The summed E-state index contributed by atoms with van der Waals surface area (Å²) in [4.78, 5) is 13.1. The van der Waals surface area contributed by atoms with Crippen molar-refractivity contribution in [2.24, 2.45) is 0 Å². The molecule has 0 aromatic heterocycles. The molecule has 1 aliphatic rings. The normalized spacial score (nSPS) is 26.5. The number of carbonyl (C=O) groups excluding carboxylic acids is 1. The van der Waals surface area contributed by atoms with Crippen LogP contribution in [-0.4, -0.2) is 72.1 Å². The lowest BCUT2D eigenvalue weighted by Crippen LogP contribution is -2.66. The minimum atomic E-state index is -2.36. The number of esters is 1. The van der Waals surface area contributed by atoms with Crippen molar-refractivity contribution in [3.05, 3.63) is 35.9 Å². The summed E-state index contributed by atoms with van der Waals surface area (Å²) in [5.41, 5.74) is 0.422. The molecule has 1 aromatic rings. The van der Waals surface area contributed by atoms with Crippen LogP contribution < -0.4 is 0 Å². The van der Waals surface area contributed by atoms with Gasteiger partial charge in [-0.15, -0.1) is 0 Å². The molecule has 0 unspecified atom stereocenters. The van der Waals surface area contributed by atoms with E-state index in [0.717, 1.165) is 0 Å². The molecule has 1 heterocycles. The maximum absolute atomic E-state index is 13.1. The molecular formula is C26H46O7Si2. The van der Waals surface area contributed by atoms with Crippen LogP contribution in [0.15, 0.2) is 30.3 Å². The second-order valence-electron chi connectivity index (χ2n) is 12.4. The van der Waals surface area contributed by atoms with Crippen LogP contribution in [0, 0.1) is 0 Å². The molecule has 0 spiro atoms. The number of hydrogen-bond donors (Lipinski definition) is 1. The van der Waals surface area contributed by atoms with E-state index >= 15 is 0 Å². The smallest absolute Gasteiger partial charge is 0.338 e. The van der Waals surface area contributed by atoms with Crippen molar-refractivity contribution in [1.82, 2.24) is 0 Å². The van der Waals surface area contributed by atoms with E-state index in [1.54, 1.807) is 31.4 Å². The van der Waals surface area contributed by atoms with Gasteiger partial charge in [-0.25, -0.2) is 4.79 Å². The number of benzene rings is 1. The summed E-state index contributed by atoms with van der Waals surface area (Å²) in [6, 6.07) is 8.81. The van der Waals surface area contributed by atoms with E-state index in [1.165, 1.54) is 0 Å². The summed E-state index contributed by atoms with van der Waals surface area (Å²) in [5, 5.41) is 10.1. The summed E-state index contributed by atoms with van der Waals surface area (Å²) in [6.45, 7) is 21.2. The topological polar surface area (TPSA) is 83.5 Å². The first-order chi connectivity index (χ1) is 15.9. The molecule has 1 aliphatic heterocycles. The average Bonchev–Trinajstić information content (AvgIpc) is 2.74. The van der Waals surface area contributed by atoms with E-state index in [-0.39, 0.29) is 16.7 Å². The fraction of sp³-hybridized carbons (Fsp3) is 0.731. The minimum Gasteiger partial charge on any atom is -0.453 e. The highest BCUT2D eigenvalue weighted by molar-refractivity contribution is 6.74. The van der Waals surface area contributed by atoms with Gasteiger partial charge in [-0.05, 0) is 48.4 Å². The van der Waals surface area contributed by atoms with Crippen LogP contribution in [0.3, 0.4) is 0 Å².